The number of hydrogen-bond donors (Lipinski definition) is 1. The number of halogens is 1. The van der Waals surface area contributed by atoms with Gasteiger partial charge in [0.05, 0.1) is 4.90 Å². The standard InChI is InChI=1S/C19H21FN2O3S/c1-14-13-16(20)9-10-17(14)26(24,25)21-18(15-7-3-2-4-8-15)19(23)22-11-5-6-12-22/h2-4,7-10,13,18,21H,5-6,11-12H2,1H3/t18-/m0/s1. The van der Waals surface area contributed by atoms with E-state index in [1.165, 1.54) is 13.0 Å². The summed E-state index contributed by atoms with van der Waals surface area (Å²) in [6.45, 7) is 2.77. The summed E-state index contributed by atoms with van der Waals surface area (Å²) in [4.78, 5) is 14.6. The van der Waals surface area contributed by atoms with Crippen LogP contribution in [0.1, 0.15) is 30.0 Å². The third kappa shape index (κ3) is 3.94. The second-order valence-electron chi connectivity index (χ2n) is 6.41. The maximum absolute atomic E-state index is 13.3. The lowest BCUT2D eigenvalue weighted by molar-refractivity contribution is -0.132. The first-order valence-electron chi connectivity index (χ1n) is 8.51. The van der Waals surface area contributed by atoms with Gasteiger partial charge in [-0.15, -0.1) is 0 Å². The number of carbonyl (C=O) groups excluding carboxylic acids is 1. The van der Waals surface area contributed by atoms with Gasteiger partial charge in [0, 0.05) is 13.1 Å². The summed E-state index contributed by atoms with van der Waals surface area (Å²) < 4.78 is 41.6. The zero-order valence-corrected chi connectivity index (χ0v) is 15.3. The predicted molar refractivity (Wildman–Crippen MR) is 96.5 cm³/mol. The average Bonchev–Trinajstić information content (AvgIpc) is 3.14. The summed E-state index contributed by atoms with van der Waals surface area (Å²) in [5, 5.41) is 0. The summed E-state index contributed by atoms with van der Waals surface area (Å²) >= 11 is 0. The molecule has 0 unspecified atom stereocenters. The van der Waals surface area contributed by atoms with Crippen LogP contribution in [-0.2, 0) is 14.8 Å². The molecule has 5 nitrogen and oxygen atoms in total. The third-order valence-electron chi connectivity index (χ3n) is 4.50. The molecule has 0 saturated carbocycles. The zero-order chi connectivity index (χ0) is 18.7. The van der Waals surface area contributed by atoms with Gasteiger partial charge in [0.15, 0.2) is 0 Å². The first-order chi connectivity index (χ1) is 12.4. The Morgan fingerprint density at radius 2 is 1.77 bits per heavy atom. The van der Waals surface area contributed by atoms with Gasteiger partial charge in [-0.2, -0.15) is 4.72 Å². The lowest BCUT2D eigenvalue weighted by atomic mass is 10.1. The summed E-state index contributed by atoms with van der Waals surface area (Å²) in [6, 6.07) is 11.2. The first kappa shape index (κ1) is 18.5. The number of nitrogens with zero attached hydrogens (tertiary/aromatic N) is 1. The van der Waals surface area contributed by atoms with E-state index in [1.807, 2.05) is 0 Å². The van der Waals surface area contributed by atoms with E-state index in [0.29, 0.717) is 18.7 Å². The van der Waals surface area contributed by atoms with Crippen LogP contribution in [0.3, 0.4) is 0 Å². The van der Waals surface area contributed by atoms with Crippen molar-refractivity contribution in [2.75, 3.05) is 13.1 Å². The fourth-order valence-electron chi connectivity index (χ4n) is 3.16. The molecule has 1 fully saturated rings. The molecule has 0 radical (unpaired) electrons. The van der Waals surface area contributed by atoms with Gasteiger partial charge >= 0.3 is 0 Å². The summed E-state index contributed by atoms with van der Waals surface area (Å²) in [5.74, 6) is -0.772. The van der Waals surface area contributed by atoms with E-state index in [4.69, 9.17) is 0 Å². The Morgan fingerprint density at radius 1 is 1.12 bits per heavy atom. The molecule has 1 amide bonds. The van der Waals surface area contributed by atoms with Crippen LogP contribution in [0.25, 0.3) is 0 Å². The SMILES string of the molecule is Cc1cc(F)ccc1S(=O)(=O)N[C@H](C(=O)N1CCCC1)c1ccccc1. The molecule has 1 N–H and O–H groups in total. The molecule has 2 aromatic rings. The average molecular weight is 376 g/mol. The smallest absolute Gasteiger partial charge is 0.245 e. The molecular formula is C19H21FN2O3S. The Labute approximate surface area is 152 Å². The second kappa shape index (κ2) is 7.55. The van der Waals surface area contributed by atoms with Crippen molar-refractivity contribution in [1.82, 2.24) is 9.62 Å². The Kier molecular flexibility index (Phi) is 5.38. The highest BCUT2D eigenvalue weighted by atomic mass is 32.2. The minimum absolute atomic E-state index is 0.0333. The summed E-state index contributed by atoms with van der Waals surface area (Å²) in [5.41, 5.74) is 0.866. The number of nitrogens with one attached hydrogen (secondary N) is 1. The van der Waals surface area contributed by atoms with E-state index in [-0.39, 0.29) is 16.4 Å². The highest BCUT2D eigenvalue weighted by molar-refractivity contribution is 7.89. The molecule has 0 bridgehead atoms. The van der Waals surface area contributed by atoms with E-state index in [9.17, 15) is 17.6 Å². The van der Waals surface area contributed by atoms with E-state index in [0.717, 1.165) is 25.0 Å². The van der Waals surface area contributed by atoms with E-state index < -0.39 is 21.9 Å². The molecule has 2 aromatic carbocycles. The highest BCUT2D eigenvalue weighted by Gasteiger charge is 2.32. The molecule has 1 aliphatic heterocycles. The molecule has 0 aliphatic carbocycles. The van der Waals surface area contributed by atoms with E-state index in [2.05, 4.69) is 4.72 Å². The van der Waals surface area contributed by atoms with E-state index in [1.54, 1.807) is 35.2 Å². The molecule has 1 heterocycles. The predicted octanol–water partition coefficient (Wildman–Crippen LogP) is 2.78. The second-order valence-corrected chi connectivity index (χ2v) is 8.09. The minimum Gasteiger partial charge on any atom is -0.341 e. The molecule has 26 heavy (non-hydrogen) atoms. The number of amides is 1. The lowest BCUT2D eigenvalue weighted by Crippen LogP contribution is -2.41. The van der Waals surface area contributed by atoms with E-state index >= 15 is 0 Å². The van der Waals surface area contributed by atoms with Crippen LogP contribution < -0.4 is 4.72 Å². The van der Waals surface area contributed by atoms with Crippen molar-refractivity contribution in [2.24, 2.45) is 0 Å². The van der Waals surface area contributed by atoms with Gasteiger partial charge in [-0.3, -0.25) is 4.79 Å². The molecule has 1 saturated heterocycles. The minimum atomic E-state index is -3.99. The molecule has 1 atom stereocenters. The Balaban J connectivity index is 1.95. The number of benzene rings is 2. The lowest BCUT2D eigenvalue weighted by Gasteiger charge is -2.24. The fraction of sp³-hybridized carbons (Fsp3) is 0.316. The van der Waals surface area contributed by atoms with Crippen LogP contribution in [0.2, 0.25) is 0 Å². The first-order valence-corrected chi connectivity index (χ1v) is 9.99. The van der Waals surface area contributed by atoms with Gasteiger partial charge in [0.25, 0.3) is 0 Å². The van der Waals surface area contributed by atoms with Crippen molar-refractivity contribution in [2.45, 2.75) is 30.7 Å². The number of aryl methyl sites for hydroxylation is 1. The van der Waals surface area contributed by atoms with Crippen LogP contribution in [0.15, 0.2) is 53.4 Å². The fourth-order valence-corrected chi connectivity index (χ4v) is 4.56. The van der Waals surface area contributed by atoms with Crippen LogP contribution in [0.4, 0.5) is 4.39 Å². The topological polar surface area (TPSA) is 66.5 Å². The van der Waals surface area contributed by atoms with Crippen molar-refractivity contribution in [3.63, 3.8) is 0 Å². The number of hydrogen-bond acceptors (Lipinski definition) is 3. The van der Waals surface area contributed by atoms with Gasteiger partial charge in [-0.1, -0.05) is 30.3 Å². The quantitative estimate of drug-likeness (QED) is 0.873. The van der Waals surface area contributed by atoms with Crippen molar-refractivity contribution in [1.29, 1.82) is 0 Å². The molecule has 7 heteroatoms. The Morgan fingerprint density at radius 3 is 2.38 bits per heavy atom. The van der Waals surface area contributed by atoms with Crippen molar-refractivity contribution < 1.29 is 17.6 Å². The summed E-state index contributed by atoms with van der Waals surface area (Å²) in [7, 11) is -3.99. The normalized spacial score (nSPS) is 15.8. The maximum atomic E-state index is 13.3. The number of likely N-dealkylation sites (tertiary alicyclic amines) is 1. The highest BCUT2D eigenvalue weighted by Crippen LogP contribution is 2.23. The van der Waals surface area contributed by atoms with Gasteiger partial charge in [-0.05, 0) is 49.1 Å². The van der Waals surface area contributed by atoms with Crippen molar-refractivity contribution >= 4 is 15.9 Å². The van der Waals surface area contributed by atoms with Crippen molar-refractivity contribution in [3.05, 3.63) is 65.5 Å². The number of carbonyl (C=O) groups is 1. The van der Waals surface area contributed by atoms with Gasteiger partial charge in [0.2, 0.25) is 15.9 Å². The van der Waals surface area contributed by atoms with Gasteiger partial charge < -0.3 is 4.90 Å². The molecule has 0 aromatic heterocycles. The largest absolute Gasteiger partial charge is 0.341 e. The van der Waals surface area contributed by atoms with Gasteiger partial charge in [-0.25, -0.2) is 12.8 Å². The van der Waals surface area contributed by atoms with Crippen LogP contribution in [-0.4, -0.2) is 32.3 Å². The maximum Gasteiger partial charge on any atom is 0.245 e. The van der Waals surface area contributed by atoms with Crippen LogP contribution >= 0.6 is 0 Å². The van der Waals surface area contributed by atoms with Crippen molar-refractivity contribution in [3.8, 4) is 0 Å². The Bertz CT molecular complexity index is 894. The van der Waals surface area contributed by atoms with Gasteiger partial charge in [0.1, 0.15) is 11.9 Å². The number of sulfonamides is 1. The monoisotopic (exact) mass is 376 g/mol. The molecule has 3 rings (SSSR count). The molecular weight excluding hydrogens is 355 g/mol. The van der Waals surface area contributed by atoms with Crippen LogP contribution in [0.5, 0.6) is 0 Å². The molecule has 138 valence electrons. The van der Waals surface area contributed by atoms with Crippen LogP contribution in [0, 0.1) is 12.7 Å². The Hall–Kier alpha value is -2.25. The molecule has 1 aliphatic rings. The zero-order valence-electron chi connectivity index (χ0n) is 14.5. The summed E-state index contributed by atoms with van der Waals surface area (Å²) in [6.07, 6.45) is 1.83. The molecule has 0 spiro atoms. The third-order valence-corrected chi connectivity index (χ3v) is 6.08. The number of rotatable bonds is 5.